The van der Waals surface area contributed by atoms with Gasteiger partial charge in [-0.2, -0.15) is 0 Å². The maximum atomic E-state index is 12.6. The molecule has 1 aromatic heterocycles. The summed E-state index contributed by atoms with van der Waals surface area (Å²) in [5.41, 5.74) is 2.22. The zero-order valence-corrected chi connectivity index (χ0v) is 21.4. The highest BCUT2D eigenvalue weighted by Crippen LogP contribution is 2.23. The van der Waals surface area contributed by atoms with Gasteiger partial charge in [0.15, 0.2) is 11.0 Å². The summed E-state index contributed by atoms with van der Waals surface area (Å²) >= 11 is 7.24. The third-order valence-corrected chi connectivity index (χ3v) is 6.39. The molecule has 0 radical (unpaired) electrons. The van der Waals surface area contributed by atoms with Crippen LogP contribution in [0.3, 0.4) is 0 Å². The van der Waals surface area contributed by atoms with E-state index in [9.17, 15) is 14.4 Å². The number of amides is 2. The van der Waals surface area contributed by atoms with Crippen molar-refractivity contribution >= 4 is 46.8 Å². The van der Waals surface area contributed by atoms with Crippen LogP contribution in [0.15, 0.2) is 47.6 Å². The molecule has 2 amide bonds. The van der Waals surface area contributed by atoms with Crippen LogP contribution in [-0.4, -0.2) is 45.4 Å². The first-order chi connectivity index (χ1) is 16.7. The van der Waals surface area contributed by atoms with Gasteiger partial charge in [0.25, 0.3) is 5.91 Å². The number of aromatic nitrogens is 3. The van der Waals surface area contributed by atoms with E-state index in [0.29, 0.717) is 28.8 Å². The number of halogens is 1. The molecule has 0 aliphatic carbocycles. The summed E-state index contributed by atoms with van der Waals surface area (Å²) in [7, 11) is 1.26. The zero-order valence-electron chi connectivity index (χ0n) is 19.8. The Hall–Kier alpha value is -3.37. The fraction of sp³-hybridized carbons (Fsp3) is 0.292. The van der Waals surface area contributed by atoms with E-state index in [0.717, 1.165) is 5.56 Å². The van der Waals surface area contributed by atoms with E-state index in [1.165, 1.54) is 31.0 Å². The Labute approximate surface area is 212 Å². The number of benzene rings is 2. The first kappa shape index (κ1) is 26.2. The van der Waals surface area contributed by atoms with Crippen molar-refractivity contribution < 1.29 is 19.1 Å². The van der Waals surface area contributed by atoms with Gasteiger partial charge >= 0.3 is 5.97 Å². The van der Waals surface area contributed by atoms with E-state index in [2.05, 4.69) is 20.8 Å². The van der Waals surface area contributed by atoms with Crippen molar-refractivity contribution in [2.24, 2.45) is 0 Å². The zero-order chi connectivity index (χ0) is 25.5. The van der Waals surface area contributed by atoms with Crippen LogP contribution in [0.25, 0.3) is 0 Å². The number of anilines is 1. The van der Waals surface area contributed by atoms with Crippen molar-refractivity contribution in [1.82, 2.24) is 20.1 Å². The van der Waals surface area contributed by atoms with Crippen LogP contribution in [0.1, 0.15) is 52.0 Å². The number of carbonyl (C=O) groups excluding carboxylic acids is 3. The minimum absolute atomic E-state index is 0.0679. The molecule has 0 saturated carbocycles. The average Bonchev–Trinajstić information content (AvgIpc) is 3.27. The lowest BCUT2D eigenvalue weighted by atomic mass is 10.1. The maximum absolute atomic E-state index is 12.6. The molecule has 0 aliphatic rings. The third-order valence-electron chi connectivity index (χ3n) is 5.10. The third kappa shape index (κ3) is 6.61. The van der Waals surface area contributed by atoms with Crippen LogP contribution in [0.2, 0.25) is 5.02 Å². The van der Waals surface area contributed by atoms with Crippen LogP contribution in [-0.2, 0) is 16.1 Å². The predicted octanol–water partition coefficient (Wildman–Crippen LogP) is 4.27. The van der Waals surface area contributed by atoms with Gasteiger partial charge < -0.3 is 19.9 Å². The number of thioether (sulfide) groups is 1. The number of esters is 1. The molecule has 0 unspecified atom stereocenters. The lowest BCUT2D eigenvalue weighted by Gasteiger charge is -2.15. The largest absolute Gasteiger partial charge is 0.465 e. The minimum Gasteiger partial charge on any atom is -0.465 e. The lowest BCUT2D eigenvalue weighted by Crippen LogP contribution is -2.28. The second kappa shape index (κ2) is 11.9. The number of nitrogens with one attached hydrogen (secondary N) is 2. The molecule has 0 saturated heterocycles. The Kier molecular flexibility index (Phi) is 8.89. The minimum atomic E-state index is -0.590. The fourth-order valence-electron chi connectivity index (χ4n) is 3.27. The summed E-state index contributed by atoms with van der Waals surface area (Å²) in [6.45, 7) is 6.30. The Balaban J connectivity index is 1.63. The SMILES string of the molecule is CCn1c(SCC(=O)Nc2ccc(Cl)c(C(=O)OC)c2)nnc1[C@H](C)NC(=O)c1ccc(C)cc1. The maximum Gasteiger partial charge on any atom is 0.339 e. The number of carbonyl (C=O) groups is 3. The molecular weight excluding hydrogens is 490 g/mol. The Morgan fingerprint density at radius 1 is 1.14 bits per heavy atom. The average molecular weight is 516 g/mol. The molecule has 1 heterocycles. The van der Waals surface area contributed by atoms with Gasteiger partial charge in [-0.3, -0.25) is 9.59 Å². The van der Waals surface area contributed by atoms with Crippen LogP contribution in [0.5, 0.6) is 0 Å². The molecular formula is C24H26ClN5O4S. The van der Waals surface area contributed by atoms with E-state index in [1.54, 1.807) is 18.2 Å². The molecule has 35 heavy (non-hydrogen) atoms. The van der Waals surface area contributed by atoms with Gasteiger partial charge in [-0.15, -0.1) is 10.2 Å². The van der Waals surface area contributed by atoms with Crippen LogP contribution >= 0.6 is 23.4 Å². The molecule has 9 nitrogen and oxygen atoms in total. The van der Waals surface area contributed by atoms with Crippen molar-refractivity contribution in [3.05, 3.63) is 70.0 Å². The molecule has 3 aromatic rings. The van der Waals surface area contributed by atoms with Crippen LogP contribution in [0, 0.1) is 6.92 Å². The summed E-state index contributed by atoms with van der Waals surface area (Å²) in [6.07, 6.45) is 0. The first-order valence-corrected chi connectivity index (χ1v) is 12.2. The van der Waals surface area contributed by atoms with Gasteiger partial charge in [-0.1, -0.05) is 41.1 Å². The number of aryl methyl sites for hydroxylation is 1. The second-order valence-corrected chi connectivity index (χ2v) is 9.02. The summed E-state index contributed by atoms with van der Waals surface area (Å²) < 4.78 is 6.56. The van der Waals surface area contributed by atoms with Crippen LogP contribution < -0.4 is 10.6 Å². The van der Waals surface area contributed by atoms with E-state index in [1.807, 2.05) is 37.5 Å². The smallest absolute Gasteiger partial charge is 0.339 e. The van der Waals surface area contributed by atoms with Gasteiger partial charge in [-0.25, -0.2) is 4.79 Å². The summed E-state index contributed by atoms with van der Waals surface area (Å²) in [4.78, 5) is 36.9. The van der Waals surface area contributed by atoms with E-state index in [-0.39, 0.29) is 34.2 Å². The molecule has 11 heteroatoms. The monoisotopic (exact) mass is 515 g/mol. The molecule has 0 aliphatic heterocycles. The highest BCUT2D eigenvalue weighted by molar-refractivity contribution is 7.99. The van der Waals surface area contributed by atoms with Crippen molar-refractivity contribution in [2.45, 2.75) is 38.5 Å². The molecule has 0 fully saturated rings. The Bertz CT molecular complexity index is 1230. The molecule has 3 rings (SSSR count). The highest BCUT2D eigenvalue weighted by atomic mass is 35.5. The number of hydrogen-bond donors (Lipinski definition) is 2. The standard InChI is InChI=1S/C24H26ClN5O4S/c1-5-30-21(15(3)26-22(32)16-8-6-14(2)7-9-16)28-29-24(30)35-13-20(31)27-17-10-11-19(25)18(12-17)23(33)34-4/h6-12,15H,5,13H2,1-4H3,(H,26,32)(H,27,31)/t15-/m0/s1. The van der Waals surface area contributed by atoms with Crippen molar-refractivity contribution in [1.29, 1.82) is 0 Å². The molecule has 0 spiro atoms. The number of ether oxygens (including phenoxy) is 1. The normalized spacial score (nSPS) is 11.6. The first-order valence-electron chi connectivity index (χ1n) is 10.8. The quantitative estimate of drug-likeness (QED) is 0.323. The fourth-order valence-corrected chi connectivity index (χ4v) is 4.27. The van der Waals surface area contributed by atoms with Crippen molar-refractivity contribution in [3.63, 3.8) is 0 Å². The summed E-state index contributed by atoms with van der Waals surface area (Å²) in [6, 6.07) is 11.5. The van der Waals surface area contributed by atoms with Gasteiger partial charge in [0, 0.05) is 17.8 Å². The number of nitrogens with zero attached hydrogens (tertiary/aromatic N) is 3. The van der Waals surface area contributed by atoms with Gasteiger partial charge in [0.05, 0.1) is 29.5 Å². The van der Waals surface area contributed by atoms with E-state index >= 15 is 0 Å². The van der Waals surface area contributed by atoms with Crippen molar-refractivity contribution in [2.75, 3.05) is 18.2 Å². The number of hydrogen-bond acceptors (Lipinski definition) is 7. The summed E-state index contributed by atoms with van der Waals surface area (Å²) in [5.74, 6) is -0.422. The summed E-state index contributed by atoms with van der Waals surface area (Å²) in [5, 5.41) is 14.9. The molecule has 2 aromatic carbocycles. The Morgan fingerprint density at radius 3 is 2.51 bits per heavy atom. The van der Waals surface area contributed by atoms with Gasteiger partial charge in [0.2, 0.25) is 5.91 Å². The van der Waals surface area contributed by atoms with E-state index in [4.69, 9.17) is 16.3 Å². The second-order valence-electron chi connectivity index (χ2n) is 7.67. The van der Waals surface area contributed by atoms with Crippen molar-refractivity contribution in [3.8, 4) is 0 Å². The molecule has 184 valence electrons. The van der Waals surface area contributed by atoms with Crippen LogP contribution in [0.4, 0.5) is 5.69 Å². The molecule has 2 N–H and O–H groups in total. The predicted molar refractivity (Wildman–Crippen MR) is 135 cm³/mol. The van der Waals surface area contributed by atoms with E-state index < -0.39 is 5.97 Å². The highest BCUT2D eigenvalue weighted by Gasteiger charge is 2.20. The topological polar surface area (TPSA) is 115 Å². The lowest BCUT2D eigenvalue weighted by molar-refractivity contribution is -0.113. The number of rotatable bonds is 9. The molecule has 1 atom stereocenters. The van der Waals surface area contributed by atoms with Gasteiger partial charge in [0.1, 0.15) is 0 Å². The van der Waals surface area contributed by atoms with Gasteiger partial charge in [-0.05, 0) is 51.1 Å². The Morgan fingerprint density at radius 2 is 1.86 bits per heavy atom. The number of methoxy groups -OCH3 is 1. The molecule has 0 bridgehead atoms.